The molecule has 3 rings (SSSR count). The van der Waals surface area contributed by atoms with Crippen molar-refractivity contribution in [2.75, 3.05) is 19.2 Å². The Bertz CT molecular complexity index is 847. The van der Waals surface area contributed by atoms with E-state index >= 15 is 0 Å². The van der Waals surface area contributed by atoms with Crippen molar-refractivity contribution in [3.8, 4) is 11.5 Å². The molecule has 0 unspecified atom stereocenters. The fourth-order valence-corrected chi connectivity index (χ4v) is 2.81. The van der Waals surface area contributed by atoms with Gasteiger partial charge in [-0.15, -0.1) is 0 Å². The fourth-order valence-electron chi connectivity index (χ4n) is 2.08. The summed E-state index contributed by atoms with van der Waals surface area (Å²) in [6.45, 7) is 0.141. The molecule has 8 heteroatoms. The molecule has 0 bridgehead atoms. The van der Waals surface area contributed by atoms with E-state index < -0.39 is 10.0 Å². The van der Waals surface area contributed by atoms with Gasteiger partial charge in [0.15, 0.2) is 11.5 Å². The third-order valence-electron chi connectivity index (χ3n) is 3.33. The molecule has 1 aliphatic heterocycles. The zero-order valence-corrected chi connectivity index (χ0v) is 13.0. The molecular formula is C15H14N2O5S. The lowest BCUT2D eigenvalue weighted by Crippen LogP contribution is -2.18. The van der Waals surface area contributed by atoms with E-state index in [1.54, 1.807) is 18.2 Å². The second-order valence-corrected chi connectivity index (χ2v) is 6.64. The molecule has 23 heavy (non-hydrogen) atoms. The zero-order chi connectivity index (χ0) is 16.4. The number of benzene rings is 2. The van der Waals surface area contributed by atoms with E-state index in [9.17, 15) is 13.2 Å². The lowest BCUT2D eigenvalue weighted by molar-refractivity contribution is 0.102. The Morgan fingerprint density at radius 2 is 1.74 bits per heavy atom. The minimum atomic E-state index is -3.50. The number of hydrogen-bond donors (Lipinski definition) is 2. The summed E-state index contributed by atoms with van der Waals surface area (Å²) in [6, 6.07) is 10.8. The highest BCUT2D eigenvalue weighted by atomic mass is 32.2. The summed E-state index contributed by atoms with van der Waals surface area (Å²) in [7, 11) is -2.16. The second kappa shape index (κ2) is 5.90. The molecule has 1 amide bonds. The first-order valence-corrected chi connectivity index (χ1v) is 8.22. The topological polar surface area (TPSA) is 93.7 Å². The van der Waals surface area contributed by atoms with E-state index in [1.807, 2.05) is 0 Å². The van der Waals surface area contributed by atoms with Gasteiger partial charge in [-0.2, -0.15) is 0 Å². The van der Waals surface area contributed by atoms with Gasteiger partial charge in [0.1, 0.15) is 0 Å². The average molecular weight is 334 g/mol. The third-order valence-corrected chi connectivity index (χ3v) is 4.76. The molecule has 1 aliphatic rings. The zero-order valence-electron chi connectivity index (χ0n) is 12.2. The number of ether oxygens (including phenoxy) is 2. The van der Waals surface area contributed by atoms with Crippen LogP contribution < -0.4 is 19.5 Å². The number of hydrogen-bond acceptors (Lipinski definition) is 5. The molecule has 2 N–H and O–H groups in total. The molecule has 0 atom stereocenters. The van der Waals surface area contributed by atoms with Gasteiger partial charge in [0, 0.05) is 11.3 Å². The molecule has 7 nitrogen and oxygen atoms in total. The van der Waals surface area contributed by atoms with Crippen LogP contribution in [0.15, 0.2) is 47.4 Å². The Labute approximate surface area is 133 Å². The normalized spacial score (nSPS) is 12.9. The summed E-state index contributed by atoms with van der Waals surface area (Å²) in [5.41, 5.74) is 0.906. The van der Waals surface area contributed by atoms with Crippen molar-refractivity contribution < 1.29 is 22.7 Å². The lowest BCUT2D eigenvalue weighted by atomic mass is 10.2. The van der Waals surface area contributed by atoms with Gasteiger partial charge in [0.25, 0.3) is 5.91 Å². The quantitative estimate of drug-likeness (QED) is 0.885. The largest absolute Gasteiger partial charge is 0.454 e. The molecule has 2 aromatic rings. The standard InChI is InChI=1S/C15H14N2O5S/c1-16-23(19,20)12-5-3-11(4-6-12)17-15(18)10-2-7-13-14(8-10)22-9-21-13/h2-8,16H,9H2,1H3,(H,17,18). The molecule has 120 valence electrons. The smallest absolute Gasteiger partial charge is 0.255 e. The van der Waals surface area contributed by atoms with Crippen LogP contribution in [0.5, 0.6) is 11.5 Å². The molecule has 0 saturated carbocycles. The molecule has 0 spiro atoms. The van der Waals surface area contributed by atoms with Gasteiger partial charge in [-0.3, -0.25) is 4.79 Å². The molecule has 2 aromatic carbocycles. The van der Waals surface area contributed by atoms with Crippen molar-refractivity contribution in [2.24, 2.45) is 0 Å². The van der Waals surface area contributed by atoms with Crippen molar-refractivity contribution in [3.05, 3.63) is 48.0 Å². The Hall–Kier alpha value is -2.58. The molecule has 0 saturated heterocycles. The SMILES string of the molecule is CNS(=O)(=O)c1ccc(NC(=O)c2ccc3c(c2)OCO3)cc1. The van der Waals surface area contributed by atoms with Crippen molar-refractivity contribution in [1.29, 1.82) is 0 Å². The monoisotopic (exact) mass is 334 g/mol. The van der Waals surface area contributed by atoms with Gasteiger partial charge in [-0.1, -0.05) is 0 Å². The van der Waals surface area contributed by atoms with E-state index in [0.717, 1.165) is 0 Å². The summed E-state index contributed by atoms with van der Waals surface area (Å²) in [6.07, 6.45) is 0. The summed E-state index contributed by atoms with van der Waals surface area (Å²) >= 11 is 0. The summed E-state index contributed by atoms with van der Waals surface area (Å²) < 4.78 is 35.9. The van der Waals surface area contributed by atoms with Gasteiger partial charge >= 0.3 is 0 Å². The molecule has 0 fully saturated rings. The number of carbonyl (C=O) groups is 1. The first-order chi connectivity index (χ1) is 11.0. The predicted molar refractivity (Wildman–Crippen MR) is 83.2 cm³/mol. The van der Waals surface area contributed by atoms with E-state index in [1.165, 1.54) is 31.3 Å². The summed E-state index contributed by atoms with van der Waals surface area (Å²) in [5, 5.41) is 2.70. The van der Waals surface area contributed by atoms with Crippen LogP contribution in [0, 0.1) is 0 Å². The van der Waals surface area contributed by atoms with Gasteiger partial charge < -0.3 is 14.8 Å². The van der Waals surface area contributed by atoms with E-state index in [2.05, 4.69) is 10.0 Å². The second-order valence-electron chi connectivity index (χ2n) is 4.75. The molecule has 0 aliphatic carbocycles. The van der Waals surface area contributed by atoms with Gasteiger partial charge in [-0.05, 0) is 49.5 Å². The molecule has 0 aromatic heterocycles. The van der Waals surface area contributed by atoms with Crippen LogP contribution in [0.2, 0.25) is 0 Å². The number of rotatable bonds is 4. The number of fused-ring (bicyclic) bond motifs is 1. The van der Waals surface area contributed by atoms with Crippen LogP contribution in [0.3, 0.4) is 0 Å². The van der Waals surface area contributed by atoms with Crippen molar-refractivity contribution in [3.63, 3.8) is 0 Å². The highest BCUT2D eigenvalue weighted by Gasteiger charge is 2.16. The van der Waals surface area contributed by atoms with E-state index in [4.69, 9.17) is 9.47 Å². The minimum absolute atomic E-state index is 0.126. The maximum atomic E-state index is 12.2. The van der Waals surface area contributed by atoms with Crippen LogP contribution >= 0.6 is 0 Å². The van der Waals surface area contributed by atoms with Crippen molar-refractivity contribution >= 4 is 21.6 Å². The van der Waals surface area contributed by atoms with Gasteiger partial charge in [0.2, 0.25) is 16.8 Å². The maximum Gasteiger partial charge on any atom is 0.255 e. The first kappa shape index (κ1) is 15.3. The van der Waals surface area contributed by atoms with E-state index in [0.29, 0.717) is 22.7 Å². The van der Waals surface area contributed by atoms with Gasteiger partial charge in [-0.25, -0.2) is 13.1 Å². The number of sulfonamides is 1. The van der Waals surface area contributed by atoms with Gasteiger partial charge in [0.05, 0.1) is 4.90 Å². The number of nitrogens with one attached hydrogen (secondary N) is 2. The number of carbonyl (C=O) groups excluding carboxylic acids is 1. The van der Waals surface area contributed by atoms with Crippen LogP contribution in [-0.4, -0.2) is 28.2 Å². The molecular weight excluding hydrogens is 320 g/mol. The van der Waals surface area contributed by atoms with Crippen molar-refractivity contribution in [2.45, 2.75) is 4.90 Å². The maximum absolute atomic E-state index is 12.2. The van der Waals surface area contributed by atoms with Crippen LogP contribution in [-0.2, 0) is 10.0 Å². The Morgan fingerprint density at radius 1 is 1.04 bits per heavy atom. The number of anilines is 1. The first-order valence-electron chi connectivity index (χ1n) is 6.74. The van der Waals surface area contributed by atoms with Crippen LogP contribution in [0.4, 0.5) is 5.69 Å². The Kier molecular flexibility index (Phi) is 3.93. The minimum Gasteiger partial charge on any atom is -0.454 e. The molecule has 0 radical (unpaired) electrons. The van der Waals surface area contributed by atoms with Crippen LogP contribution in [0.1, 0.15) is 10.4 Å². The van der Waals surface area contributed by atoms with Crippen molar-refractivity contribution in [1.82, 2.24) is 4.72 Å². The molecule has 1 heterocycles. The summed E-state index contributed by atoms with van der Waals surface area (Å²) in [5.74, 6) is 0.795. The Morgan fingerprint density at radius 3 is 2.43 bits per heavy atom. The highest BCUT2D eigenvalue weighted by Crippen LogP contribution is 2.32. The third kappa shape index (κ3) is 3.13. The number of amides is 1. The Balaban J connectivity index is 1.75. The summed E-state index contributed by atoms with van der Waals surface area (Å²) in [4.78, 5) is 12.3. The van der Waals surface area contributed by atoms with Crippen LogP contribution in [0.25, 0.3) is 0 Å². The highest BCUT2D eigenvalue weighted by molar-refractivity contribution is 7.89. The lowest BCUT2D eigenvalue weighted by Gasteiger charge is -2.07. The average Bonchev–Trinajstić information content (AvgIpc) is 3.03. The fraction of sp³-hybridized carbons (Fsp3) is 0.133. The van der Waals surface area contributed by atoms with E-state index in [-0.39, 0.29) is 17.6 Å². The predicted octanol–water partition coefficient (Wildman–Crippen LogP) is 1.58.